The van der Waals surface area contributed by atoms with Gasteiger partial charge in [-0.15, -0.1) is 0 Å². The number of piperidine rings is 1. The summed E-state index contributed by atoms with van der Waals surface area (Å²) in [7, 11) is 0. The number of rotatable bonds is 5. The van der Waals surface area contributed by atoms with Crippen molar-refractivity contribution in [2.24, 2.45) is 0 Å². The van der Waals surface area contributed by atoms with Gasteiger partial charge < -0.3 is 30.5 Å². The highest BCUT2D eigenvalue weighted by atomic mass is 16.6. The number of aliphatic carboxylic acids is 1. The van der Waals surface area contributed by atoms with E-state index >= 15 is 0 Å². The van der Waals surface area contributed by atoms with Crippen LogP contribution < -0.4 is 10.6 Å². The van der Waals surface area contributed by atoms with Gasteiger partial charge in [0.2, 0.25) is 0 Å². The van der Waals surface area contributed by atoms with E-state index in [1.165, 1.54) is 0 Å². The van der Waals surface area contributed by atoms with E-state index in [1.807, 2.05) is 0 Å². The Bertz CT molecular complexity index is 381. The zero-order valence-electron chi connectivity index (χ0n) is 11.9. The molecule has 0 saturated carbocycles. The van der Waals surface area contributed by atoms with Crippen LogP contribution in [0.1, 0.15) is 19.8 Å². The number of nitrogens with one attached hydrogen (secondary N) is 2. The van der Waals surface area contributed by atoms with Gasteiger partial charge in [0.25, 0.3) is 0 Å². The molecule has 0 aromatic rings. The van der Waals surface area contributed by atoms with E-state index in [1.54, 1.807) is 11.8 Å². The van der Waals surface area contributed by atoms with Crippen molar-refractivity contribution in [2.45, 2.75) is 31.8 Å². The highest BCUT2D eigenvalue weighted by Crippen LogP contribution is 2.11. The fourth-order valence-corrected chi connectivity index (χ4v) is 1.99. The minimum atomic E-state index is -1.33. The normalized spacial score (nSPS) is 17.0. The highest BCUT2D eigenvalue weighted by Gasteiger charge is 2.26. The maximum absolute atomic E-state index is 11.6. The number of likely N-dealkylation sites (tertiary alicyclic amines) is 1. The molecule has 0 spiro atoms. The summed E-state index contributed by atoms with van der Waals surface area (Å²) in [5, 5.41) is 22.3. The van der Waals surface area contributed by atoms with Crippen LogP contribution in [0.15, 0.2) is 0 Å². The number of hydrogen-bond acceptors (Lipinski definition) is 5. The predicted octanol–water partition coefficient (Wildman–Crippen LogP) is -0.648. The number of aliphatic hydroxyl groups is 1. The summed E-state index contributed by atoms with van der Waals surface area (Å²) in [6.45, 7) is 2.30. The number of carbonyl (C=O) groups is 3. The molecule has 0 radical (unpaired) electrons. The molecule has 21 heavy (non-hydrogen) atoms. The number of carboxylic acids is 1. The lowest BCUT2D eigenvalue weighted by atomic mass is 10.1. The van der Waals surface area contributed by atoms with Gasteiger partial charge in [0, 0.05) is 19.1 Å². The Morgan fingerprint density at radius 1 is 1.33 bits per heavy atom. The van der Waals surface area contributed by atoms with Crippen molar-refractivity contribution in [3.63, 3.8) is 0 Å². The van der Waals surface area contributed by atoms with Gasteiger partial charge >= 0.3 is 18.1 Å². The number of hydrogen-bond donors (Lipinski definition) is 4. The van der Waals surface area contributed by atoms with Crippen LogP contribution in [0.5, 0.6) is 0 Å². The zero-order valence-corrected chi connectivity index (χ0v) is 11.9. The van der Waals surface area contributed by atoms with Crippen LogP contribution in [-0.2, 0) is 9.53 Å². The van der Waals surface area contributed by atoms with Crippen LogP contribution >= 0.6 is 0 Å². The van der Waals surface area contributed by atoms with Gasteiger partial charge in [-0.25, -0.2) is 14.4 Å². The molecule has 1 atom stereocenters. The van der Waals surface area contributed by atoms with Crippen molar-refractivity contribution in [1.29, 1.82) is 0 Å². The Morgan fingerprint density at radius 3 is 2.43 bits per heavy atom. The number of nitrogens with zero attached hydrogens (tertiary/aromatic N) is 1. The van der Waals surface area contributed by atoms with E-state index < -0.39 is 24.6 Å². The van der Waals surface area contributed by atoms with E-state index in [2.05, 4.69) is 10.6 Å². The van der Waals surface area contributed by atoms with Crippen molar-refractivity contribution in [3.05, 3.63) is 0 Å². The topological polar surface area (TPSA) is 128 Å². The molecule has 1 heterocycles. The Hall–Kier alpha value is -2.03. The zero-order chi connectivity index (χ0) is 15.8. The number of carboxylic acid groups (broad SMARTS) is 1. The molecular weight excluding hydrogens is 282 g/mol. The molecule has 0 aromatic carbocycles. The van der Waals surface area contributed by atoms with Gasteiger partial charge in [0.15, 0.2) is 6.04 Å². The maximum atomic E-state index is 11.6. The first-order chi connectivity index (χ1) is 9.97. The summed E-state index contributed by atoms with van der Waals surface area (Å²) in [4.78, 5) is 35.3. The van der Waals surface area contributed by atoms with E-state index in [9.17, 15) is 14.4 Å². The van der Waals surface area contributed by atoms with Crippen LogP contribution in [-0.4, -0.2) is 71.6 Å². The molecule has 0 aliphatic carbocycles. The first-order valence-corrected chi connectivity index (χ1v) is 6.80. The highest BCUT2D eigenvalue weighted by molar-refractivity contribution is 5.82. The molecule has 0 aromatic heterocycles. The molecule has 1 aliphatic rings. The van der Waals surface area contributed by atoms with Crippen molar-refractivity contribution >= 4 is 18.1 Å². The fraction of sp³-hybridized carbons (Fsp3) is 0.750. The maximum Gasteiger partial charge on any atom is 0.409 e. The van der Waals surface area contributed by atoms with Crippen molar-refractivity contribution < 1.29 is 29.3 Å². The standard InChI is InChI=1S/C12H21N3O6/c1-2-21-12(20)15-5-3-8(4-6-15)13-11(19)14-9(7-16)10(17)18/h8-9,16H,2-7H2,1H3,(H,17,18)(H2,13,14,19)/t9-/m1/s1. The molecule has 1 rings (SSSR count). The molecule has 9 nitrogen and oxygen atoms in total. The third kappa shape index (κ3) is 5.46. The lowest BCUT2D eigenvalue weighted by Crippen LogP contribution is -2.53. The fourth-order valence-electron chi connectivity index (χ4n) is 1.99. The SMILES string of the molecule is CCOC(=O)N1CCC(NC(=O)N[C@H](CO)C(=O)O)CC1. The second-order valence-corrected chi connectivity index (χ2v) is 4.65. The summed E-state index contributed by atoms with van der Waals surface area (Å²) in [6, 6.07) is -2.13. The van der Waals surface area contributed by atoms with Gasteiger partial charge in [-0.3, -0.25) is 0 Å². The minimum absolute atomic E-state index is 0.149. The van der Waals surface area contributed by atoms with Crippen LogP contribution in [0.25, 0.3) is 0 Å². The second kappa shape index (κ2) is 8.30. The molecule has 0 bridgehead atoms. The molecular formula is C12H21N3O6. The Kier molecular flexibility index (Phi) is 6.73. The summed E-state index contributed by atoms with van der Waals surface area (Å²) < 4.78 is 4.89. The van der Waals surface area contributed by atoms with Crippen LogP contribution in [0.2, 0.25) is 0 Å². The van der Waals surface area contributed by atoms with E-state index in [-0.39, 0.29) is 12.1 Å². The van der Waals surface area contributed by atoms with Crippen LogP contribution in [0, 0.1) is 0 Å². The molecule has 9 heteroatoms. The molecule has 0 unspecified atom stereocenters. The van der Waals surface area contributed by atoms with Gasteiger partial charge in [-0.05, 0) is 19.8 Å². The lowest BCUT2D eigenvalue weighted by molar-refractivity contribution is -0.140. The monoisotopic (exact) mass is 303 g/mol. The number of aliphatic hydroxyl groups excluding tert-OH is 1. The van der Waals surface area contributed by atoms with E-state index in [0.29, 0.717) is 32.5 Å². The summed E-state index contributed by atoms with van der Waals surface area (Å²) >= 11 is 0. The molecule has 3 amide bonds. The molecule has 4 N–H and O–H groups in total. The third-order valence-corrected chi connectivity index (χ3v) is 3.14. The van der Waals surface area contributed by atoms with Crippen molar-refractivity contribution in [3.8, 4) is 0 Å². The smallest absolute Gasteiger partial charge is 0.409 e. The number of amides is 3. The van der Waals surface area contributed by atoms with Gasteiger partial charge in [-0.1, -0.05) is 0 Å². The Balaban J connectivity index is 2.33. The quantitative estimate of drug-likeness (QED) is 0.534. The predicted molar refractivity (Wildman–Crippen MR) is 71.8 cm³/mol. The van der Waals surface area contributed by atoms with Crippen molar-refractivity contribution in [1.82, 2.24) is 15.5 Å². The van der Waals surface area contributed by atoms with E-state index in [0.717, 1.165) is 0 Å². The summed E-state index contributed by atoms with van der Waals surface area (Å²) in [6.07, 6.45) is 0.748. The van der Waals surface area contributed by atoms with Gasteiger partial charge in [0.05, 0.1) is 13.2 Å². The first kappa shape index (κ1) is 17.0. The van der Waals surface area contributed by atoms with Gasteiger partial charge in [-0.2, -0.15) is 0 Å². The molecule has 1 saturated heterocycles. The second-order valence-electron chi connectivity index (χ2n) is 4.65. The number of ether oxygens (including phenoxy) is 1. The van der Waals surface area contributed by atoms with Crippen LogP contribution in [0.4, 0.5) is 9.59 Å². The van der Waals surface area contributed by atoms with Crippen LogP contribution in [0.3, 0.4) is 0 Å². The minimum Gasteiger partial charge on any atom is -0.480 e. The van der Waals surface area contributed by atoms with E-state index in [4.69, 9.17) is 14.9 Å². The first-order valence-electron chi connectivity index (χ1n) is 6.80. The molecule has 1 fully saturated rings. The number of urea groups is 1. The molecule has 120 valence electrons. The third-order valence-electron chi connectivity index (χ3n) is 3.14. The van der Waals surface area contributed by atoms with Gasteiger partial charge in [0.1, 0.15) is 0 Å². The average Bonchev–Trinajstić information content (AvgIpc) is 2.45. The molecule has 1 aliphatic heterocycles. The summed E-state index contributed by atoms with van der Waals surface area (Å²) in [5.74, 6) is -1.30. The largest absolute Gasteiger partial charge is 0.480 e. The Morgan fingerprint density at radius 2 is 1.95 bits per heavy atom. The summed E-state index contributed by atoms with van der Waals surface area (Å²) in [5.41, 5.74) is 0. The number of carbonyl (C=O) groups excluding carboxylic acids is 2. The van der Waals surface area contributed by atoms with Crippen molar-refractivity contribution in [2.75, 3.05) is 26.3 Å². The Labute approximate surface area is 122 Å². The average molecular weight is 303 g/mol. The lowest BCUT2D eigenvalue weighted by Gasteiger charge is -2.31.